The first-order valence-electron chi connectivity index (χ1n) is 7.23. The van der Waals surface area contributed by atoms with E-state index < -0.39 is 0 Å². The van der Waals surface area contributed by atoms with Crippen molar-refractivity contribution < 1.29 is 9.84 Å². The molecule has 1 N–H and O–H groups in total. The molecule has 0 amide bonds. The Bertz CT molecular complexity index is 476. The first kappa shape index (κ1) is 15.1. The van der Waals surface area contributed by atoms with E-state index >= 15 is 0 Å². The third-order valence-electron chi connectivity index (χ3n) is 3.22. The van der Waals surface area contributed by atoms with E-state index in [1.54, 1.807) is 11.3 Å². The quantitative estimate of drug-likeness (QED) is 0.770. The van der Waals surface area contributed by atoms with E-state index in [2.05, 4.69) is 24.4 Å². The summed E-state index contributed by atoms with van der Waals surface area (Å²) in [5, 5.41) is 12.3. The van der Waals surface area contributed by atoms with E-state index in [4.69, 9.17) is 4.74 Å². The monoisotopic (exact) mass is 290 g/mol. The van der Waals surface area contributed by atoms with Crippen LogP contribution in [0.4, 0.5) is 0 Å². The number of ether oxygens (including phenoxy) is 1. The van der Waals surface area contributed by atoms with E-state index in [1.165, 1.54) is 4.88 Å². The topological polar surface area (TPSA) is 29.5 Å². The molecule has 108 valence electrons. The van der Waals surface area contributed by atoms with E-state index in [-0.39, 0.29) is 6.10 Å². The van der Waals surface area contributed by atoms with Crippen molar-refractivity contribution >= 4 is 11.3 Å². The smallest absolute Gasteiger partial charge is 0.119 e. The van der Waals surface area contributed by atoms with Crippen LogP contribution in [0.2, 0.25) is 0 Å². The molecule has 0 aliphatic heterocycles. The van der Waals surface area contributed by atoms with Gasteiger partial charge < -0.3 is 9.84 Å². The lowest BCUT2D eigenvalue weighted by Crippen LogP contribution is -1.99. The van der Waals surface area contributed by atoms with Crippen molar-refractivity contribution in [2.24, 2.45) is 0 Å². The number of benzene rings is 1. The molecule has 1 unspecified atom stereocenters. The molecule has 3 heteroatoms. The molecule has 1 heterocycles. The van der Waals surface area contributed by atoms with Crippen molar-refractivity contribution in [1.29, 1.82) is 0 Å². The Kier molecular flexibility index (Phi) is 6.09. The molecule has 1 aromatic carbocycles. The molecule has 0 saturated carbocycles. The summed E-state index contributed by atoms with van der Waals surface area (Å²) in [6.45, 7) is 2.83. The Morgan fingerprint density at radius 2 is 2.00 bits per heavy atom. The van der Waals surface area contributed by atoms with Crippen molar-refractivity contribution in [1.82, 2.24) is 0 Å². The van der Waals surface area contributed by atoms with Crippen molar-refractivity contribution in [3.05, 3.63) is 52.2 Å². The number of aliphatic hydroxyl groups is 1. The predicted octanol–water partition coefficient (Wildman–Crippen LogP) is 4.59. The Balaban J connectivity index is 1.78. The van der Waals surface area contributed by atoms with Crippen LogP contribution < -0.4 is 4.74 Å². The highest BCUT2D eigenvalue weighted by Crippen LogP contribution is 2.23. The minimum absolute atomic E-state index is 0.379. The van der Waals surface area contributed by atoms with Gasteiger partial charge in [0.05, 0.1) is 12.7 Å². The molecule has 1 aromatic heterocycles. The molecular weight excluding hydrogens is 268 g/mol. The highest BCUT2D eigenvalue weighted by atomic mass is 32.1. The number of thiophene rings is 1. The molecule has 2 nitrogen and oxygen atoms in total. The number of hydrogen-bond donors (Lipinski definition) is 1. The van der Waals surface area contributed by atoms with Crippen LogP contribution in [0.5, 0.6) is 5.75 Å². The lowest BCUT2D eigenvalue weighted by atomic mass is 10.0. The lowest BCUT2D eigenvalue weighted by molar-refractivity contribution is 0.164. The molecule has 0 aliphatic carbocycles. The first-order valence-corrected chi connectivity index (χ1v) is 8.10. The molecule has 20 heavy (non-hydrogen) atoms. The Labute approximate surface area is 125 Å². The number of hydrogen-bond acceptors (Lipinski definition) is 3. The molecule has 0 saturated heterocycles. The molecular formula is C17H22O2S. The van der Waals surface area contributed by atoms with Crippen molar-refractivity contribution in [2.75, 3.05) is 6.61 Å². The molecule has 0 fully saturated rings. The summed E-state index contributed by atoms with van der Waals surface area (Å²) >= 11 is 1.78. The van der Waals surface area contributed by atoms with Crippen LogP contribution in [-0.4, -0.2) is 11.7 Å². The van der Waals surface area contributed by atoms with Gasteiger partial charge in [-0.2, -0.15) is 0 Å². The maximum atomic E-state index is 10.2. The Morgan fingerprint density at radius 3 is 2.65 bits per heavy atom. The Hall–Kier alpha value is -1.32. The molecule has 0 aliphatic rings. The maximum Gasteiger partial charge on any atom is 0.119 e. The fraction of sp³-hybridized carbons (Fsp3) is 0.412. The average Bonchev–Trinajstić information content (AvgIpc) is 2.99. The standard InChI is InChI=1S/C17H22O2S/c1-2-12-19-15-10-8-14(9-11-15)17(18)7-3-5-16-6-4-13-20-16/h4,6,8-11,13,17-18H,2-3,5,7,12H2,1H3. The zero-order valence-electron chi connectivity index (χ0n) is 11.9. The van der Waals surface area contributed by atoms with Gasteiger partial charge in [-0.3, -0.25) is 0 Å². The summed E-state index contributed by atoms with van der Waals surface area (Å²) in [5.41, 5.74) is 0.972. The van der Waals surface area contributed by atoms with Gasteiger partial charge in [-0.15, -0.1) is 11.3 Å². The zero-order valence-corrected chi connectivity index (χ0v) is 12.7. The van der Waals surface area contributed by atoms with Crippen LogP contribution in [0.25, 0.3) is 0 Å². The molecule has 0 spiro atoms. The van der Waals surface area contributed by atoms with E-state index in [9.17, 15) is 5.11 Å². The first-order chi connectivity index (χ1) is 9.79. The van der Waals surface area contributed by atoms with E-state index in [0.717, 1.165) is 43.6 Å². The van der Waals surface area contributed by atoms with E-state index in [1.807, 2.05) is 24.3 Å². The van der Waals surface area contributed by atoms with Crippen molar-refractivity contribution in [2.45, 2.75) is 38.7 Å². The van der Waals surface area contributed by atoms with Crippen LogP contribution in [-0.2, 0) is 6.42 Å². The lowest BCUT2D eigenvalue weighted by Gasteiger charge is -2.11. The maximum absolute atomic E-state index is 10.2. The highest BCUT2D eigenvalue weighted by molar-refractivity contribution is 7.09. The summed E-state index contributed by atoms with van der Waals surface area (Å²) in [6, 6.07) is 12.0. The summed E-state index contributed by atoms with van der Waals surface area (Å²) in [4.78, 5) is 1.39. The minimum atomic E-state index is -0.379. The number of aliphatic hydroxyl groups excluding tert-OH is 1. The fourth-order valence-electron chi connectivity index (χ4n) is 2.10. The second kappa shape index (κ2) is 8.08. The molecule has 0 bridgehead atoms. The van der Waals surface area contributed by atoms with Crippen molar-refractivity contribution in [3.63, 3.8) is 0 Å². The molecule has 0 radical (unpaired) electrons. The van der Waals surface area contributed by atoms with Gasteiger partial charge in [0.25, 0.3) is 0 Å². The van der Waals surface area contributed by atoms with Gasteiger partial charge in [0.1, 0.15) is 5.75 Å². The van der Waals surface area contributed by atoms with Gasteiger partial charge in [0.2, 0.25) is 0 Å². The van der Waals surface area contributed by atoms with Crippen LogP contribution in [0.3, 0.4) is 0 Å². The van der Waals surface area contributed by atoms with Gasteiger partial charge in [-0.05, 0) is 54.8 Å². The van der Waals surface area contributed by atoms with Crippen molar-refractivity contribution in [3.8, 4) is 5.75 Å². The third kappa shape index (κ3) is 4.66. The third-order valence-corrected chi connectivity index (χ3v) is 4.15. The highest BCUT2D eigenvalue weighted by Gasteiger charge is 2.07. The van der Waals surface area contributed by atoms with Crippen LogP contribution >= 0.6 is 11.3 Å². The number of aryl methyl sites for hydroxylation is 1. The predicted molar refractivity (Wildman–Crippen MR) is 84.4 cm³/mol. The normalized spacial score (nSPS) is 12.3. The van der Waals surface area contributed by atoms with Gasteiger partial charge in [0, 0.05) is 4.88 Å². The largest absolute Gasteiger partial charge is 0.494 e. The van der Waals surface area contributed by atoms with Crippen LogP contribution in [0.1, 0.15) is 42.7 Å². The fourth-order valence-corrected chi connectivity index (χ4v) is 2.85. The summed E-state index contributed by atoms with van der Waals surface area (Å²) < 4.78 is 5.54. The van der Waals surface area contributed by atoms with Crippen LogP contribution in [0.15, 0.2) is 41.8 Å². The van der Waals surface area contributed by atoms with Gasteiger partial charge in [-0.1, -0.05) is 25.1 Å². The average molecular weight is 290 g/mol. The summed E-state index contributed by atoms with van der Waals surface area (Å²) in [6.07, 6.45) is 3.48. The Morgan fingerprint density at radius 1 is 1.20 bits per heavy atom. The minimum Gasteiger partial charge on any atom is -0.494 e. The summed E-state index contributed by atoms with van der Waals surface area (Å²) in [5.74, 6) is 0.876. The van der Waals surface area contributed by atoms with Crippen LogP contribution in [0, 0.1) is 0 Å². The second-order valence-corrected chi connectivity index (χ2v) is 5.94. The summed E-state index contributed by atoms with van der Waals surface area (Å²) in [7, 11) is 0. The van der Waals surface area contributed by atoms with Gasteiger partial charge >= 0.3 is 0 Å². The molecule has 1 atom stereocenters. The second-order valence-electron chi connectivity index (χ2n) is 4.90. The molecule has 2 rings (SSSR count). The SMILES string of the molecule is CCCOc1ccc(C(O)CCCc2cccs2)cc1. The van der Waals surface area contributed by atoms with Gasteiger partial charge in [0.15, 0.2) is 0 Å². The van der Waals surface area contributed by atoms with E-state index in [0.29, 0.717) is 0 Å². The van der Waals surface area contributed by atoms with Gasteiger partial charge in [-0.25, -0.2) is 0 Å². The zero-order chi connectivity index (χ0) is 14.2. The number of rotatable bonds is 8. The molecule has 2 aromatic rings.